The standard InChI is InChI=1S/C7H9BrS/c1-6-3-5-9-7(6)2-4-8/h3,5H,2,4H2,1H3. The van der Waals surface area contributed by atoms with E-state index in [4.69, 9.17) is 0 Å². The molecule has 0 aliphatic carbocycles. The molecule has 2 heteroatoms. The molecule has 1 aromatic rings. The second kappa shape index (κ2) is 3.37. The van der Waals surface area contributed by atoms with Crippen molar-refractivity contribution in [2.24, 2.45) is 0 Å². The lowest BCUT2D eigenvalue weighted by Gasteiger charge is -1.91. The Balaban J connectivity index is 2.69. The van der Waals surface area contributed by atoms with Crippen molar-refractivity contribution >= 4 is 27.3 Å². The molecular weight excluding hydrogens is 196 g/mol. The van der Waals surface area contributed by atoms with Crippen molar-refractivity contribution in [3.63, 3.8) is 0 Å². The molecule has 0 aliphatic rings. The minimum Gasteiger partial charge on any atom is -0.149 e. The van der Waals surface area contributed by atoms with Gasteiger partial charge in [-0.15, -0.1) is 11.3 Å². The normalized spacial score (nSPS) is 10.0. The number of aryl methyl sites for hydroxylation is 2. The maximum atomic E-state index is 3.41. The highest BCUT2D eigenvalue weighted by Crippen LogP contribution is 2.16. The van der Waals surface area contributed by atoms with Crippen molar-refractivity contribution in [2.75, 3.05) is 5.33 Å². The smallest absolute Gasteiger partial charge is 0.00827 e. The van der Waals surface area contributed by atoms with Crippen LogP contribution in [-0.2, 0) is 6.42 Å². The van der Waals surface area contributed by atoms with Crippen LogP contribution in [-0.4, -0.2) is 5.33 Å². The molecule has 0 spiro atoms. The lowest BCUT2D eigenvalue weighted by atomic mass is 10.2. The van der Waals surface area contributed by atoms with E-state index in [2.05, 4.69) is 34.3 Å². The van der Waals surface area contributed by atoms with Gasteiger partial charge in [-0.25, -0.2) is 0 Å². The van der Waals surface area contributed by atoms with Crippen LogP contribution in [0.4, 0.5) is 0 Å². The number of hydrogen-bond donors (Lipinski definition) is 0. The molecule has 1 heterocycles. The molecule has 0 bridgehead atoms. The Morgan fingerprint density at radius 2 is 2.44 bits per heavy atom. The van der Waals surface area contributed by atoms with Crippen LogP contribution in [0.2, 0.25) is 0 Å². The van der Waals surface area contributed by atoms with Gasteiger partial charge in [-0.1, -0.05) is 15.9 Å². The summed E-state index contributed by atoms with van der Waals surface area (Å²) in [4.78, 5) is 1.51. The Labute approximate surface area is 68.0 Å². The molecule has 0 aromatic carbocycles. The summed E-state index contributed by atoms with van der Waals surface area (Å²) >= 11 is 5.26. The van der Waals surface area contributed by atoms with Crippen LogP contribution in [0.1, 0.15) is 10.4 Å². The monoisotopic (exact) mass is 204 g/mol. The van der Waals surface area contributed by atoms with Gasteiger partial charge in [0.25, 0.3) is 0 Å². The summed E-state index contributed by atoms with van der Waals surface area (Å²) in [6.07, 6.45) is 1.17. The van der Waals surface area contributed by atoms with Gasteiger partial charge in [0.15, 0.2) is 0 Å². The maximum absolute atomic E-state index is 3.41. The summed E-state index contributed by atoms with van der Waals surface area (Å²) in [5.41, 5.74) is 1.43. The van der Waals surface area contributed by atoms with Crippen molar-refractivity contribution in [2.45, 2.75) is 13.3 Å². The second-order valence-corrected chi connectivity index (χ2v) is 3.76. The second-order valence-electron chi connectivity index (χ2n) is 1.97. The summed E-state index contributed by atoms with van der Waals surface area (Å²) in [6.45, 7) is 2.16. The molecule has 0 saturated heterocycles. The lowest BCUT2D eigenvalue weighted by Crippen LogP contribution is -1.81. The van der Waals surface area contributed by atoms with E-state index < -0.39 is 0 Å². The van der Waals surface area contributed by atoms with E-state index in [1.54, 1.807) is 0 Å². The zero-order valence-electron chi connectivity index (χ0n) is 5.36. The fourth-order valence-corrected chi connectivity index (χ4v) is 2.32. The number of rotatable bonds is 2. The number of hydrogen-bond acceptors (Lipinski definition) is 1. The van der Waals surface area contributed by atoms with Crippen molar-refractivity contribution in [3.8, 4) is 0 Å². The van der Waals surface area contributed by atoms with Crippen LogP contribution in [0.5, 0.6) is 0 Å². The third-order valence-electron chi connectivity index (χ3n) is 1.29. The van der Waals surface area contributed by atoms with E-state index in [0.29, 0.717) is 0 Å². The number of alkyl halides is 1. The highest BCUT2D eigenvalue weighted by Gasteiger charge is 1.95. The number of thiophene rings is 1. The Bertz CT molecular complexity index is 181. The summed E-state index contributed by atoms with van der Waals surface area (Å²) in [5, 5.41) is 3.22. The third kappa shape index (κ3) is 1.80. The van der Waals surface area contributed by atoms with Gasteiger partial charge in [-0.2, -0.15) is 0 Å². The highest BCUT2D eigenvalue weighted by molar-refractivity contribution is 9.09. The van der Waals surface area contributed by atoms with E-state index in [1.165, 1.54) is 16.9 Å². The van der Waals surface area contributed by atoms with Gasteiger partial charge in [0, 0.05) is 10.2 Å². The molecule has 0 atom stereocenters. The molecule has 1 rings (SSSR count). The van der Waals surface area contributed by atoms with E-state index in [9.17, 15) is 0 Å². The van der Waals surface area contributed by atoms with E-state index in [-0.39, 0.29) is 0 Å². The third-order valence-corrected chi connectivity index (χ3v) is 2.77. The molecule has 0 aliphatic heterocycles. The van der Waals surface area contributed by atoms with Gasteiger partial charge >= 0.3 is 0 Å². The average molecular weight is 205 g/mol. The zero-order chi connectivity index (χ0) is 6.69. The minimum absolute atomic E-state index is 1.08. The summed E-state index contributed by atoms with van der Waals surface area (Å²) in [7, 11) is 0. The van der Waals surface area contributed by atoms with Crippen LogP contribution in [0.3, 0.4) is 0 Å². The SMILES string of the molecule is Cc1ccsc1CCBr. The molecule has 0 radical (unpaired) electrons. The van der Waals surface area contributed by atoms with Gasteiger partial charge in [0.05, 0.1) is 0 Å². The van der Waals surface area contributed by atoms with Gasteiger partial charge in [-0.3, -0.25) is 0 Å². The van der Waals surface area contributed by atoms with Crippen LogP contribution < -0.4 is 0 Å². The fourth-order valence-electron chi connectivity index (χ4n) is 0.746. The van der Waals surface area contributed by atoms with Crippen LogP contribution in [0, 0.1) is 6.92 Å². The van der Waals surface area contributed by atoms with Crippen LogP contribution in [0.15, 0.2) is 11.4 Å². The Hall–Kier alpha value is 0.180. The molecule has 0 nitrogen and oxygen atoms in total. The quantitative estimate of drug-likeness (QED) is 0.651. The Kier molecular flexibility index (Phi) is 2.73. The summed E-state index contributed by atoms with van der Waals surface area (Å²) < 4.78 is 0. The van der Waals surface area contributed by atoms with Crippen LogP contribution >= 0.6 is 27.3 Å². The zero-order valence-corrected chi connectivity index (χ0v) is 7.76. The molecule has 0 fully saturated rings. The van der Waals surface area contributed by atoms with E-state index >= 15 is 0 Å². The first-order valence-corrected chi connectivity index (χ1v) is 4.93. The van der Waals surface area contributed by atoms with Crippen LogP contribution in [0.25, 0.3) is 0 Å². The molecule has 9 heavy (non-hydrogen) atoms. The van der Waals surface area contributed by atoms with E-state index in [1.807, 2.05) is 11.3 Å². The largest absolute Gasteiger partial charge is 0.149 e. The van der Waals surface area contributed by atoms with Crippen molar-refractivity contribution in [1.29, 1.82) is 0 Å². The number of halogens is 1. The highest BCUT2D eigenvalue weighted by atomic mass is 79.9. The molecule has 0 N–H and O–H groups in total. The molecule has 0 amide bonds. The topological polar surface area (TPSA) is 0 Å². The summed E-state index contributed by atoms with van der Waals surface area (Å²) in [5.74, 6) is 0. The van der Waals surface area contributed by atoms with Crippen molar-refractivity contribution in [3.05, 3.63) is 21.9 Å². The van der Waals surface area contributed by atoms with Crippen molar-refractivity contribution in [1.82, 2.24) is 0 Å². The Morgan fingerprint density at radius 1 is 1.67 bits per heavy atom. The van der Waals surface area contributed by atoms with Gasteiger partial charge in [0.1, 0.15) is 0 Å². The van der Waals surface area contributed by atoms with Gasteiger partial charge in [-0.05, 0) is 30.4 Å². The molecule has 1 aromatic heterocycles. The van der Waals surface area contributed by atoms with Gasteiger partial charge in [0.2, 0.25) is 0 Å². The first-order valence-electron chi connectivity index (χ1n) is 2.93. The first kappa shape index (κ1) is 7.29. The maximum Gasteiger partial charge on any atom is 0.00827 e. The predicted molar refractivity (Wildman–Crippen MR) is 46.6 cm³/mol. The first-order chi connectivity index (χ1) is 4.34. The van der Waals surface area contributed by atoms with Crippen molar-refractivity contribution < 1.29 is 0 Å². The predicted octanol–water partition coefficient (Wildman–Crippen LogP) is 2.99. The summed E-state index contributed by atoms with van der Waals surface area (Å²) in [6, 6.07) is 2.17. The molecule has 0 saturated carbocycles. The molecule has 0 unspecified atom stereocenters. The van der Waals surface area contributed by atoms with E-state index in [0.717, 1.165) is 5.33 Å². The average Bonchev–Trinajstić information content (AvgIpc) is 2.18. The van der Waals surface area contributed by atoms with Gasteiger partial charge < -0.3 is 0 Å². The Morgan fingerprint density at radius 3 is 2.89 bits per heavy atom. The fraction of sp³-hybridized carbons (Fsp3) is 0.429. The molecule has 50 valence electrons. The lowest BCUT2D eigenvalue weighted by molar-refractivity contribution is 1.19. The molecular formula is C7H9BrS. The minimum atomic E-state index is 1.08.